The van der Waals surface area contributed by atoms with Gasteiger partial charge in [0.25, 0.3) is 0 Å². The molecule has 1 aliphatic rings. The SMILES string of the molecule is CCNc1ccc(S(=O)(=O)N(CC)CC)cc1NC(=O)C1CC1C. The normalized spacial score (nSPS) is 20.0. The number of carbonyl (C=O) groups excluding carboxylic acids is 1. The van der Waals surface area contributed by atoms with E-state index in [1.54, 1.807) is 18.2 Å². The fraction of sp³-hybridized carbons (Fsp3) is 0.588. The van der Waals surface area contributed by atoms with E-state index < -0.39 is 10.0 Å². The first-order valence-corrected chi connectivity index (χ1v) is 9.98. The highest BCUT2D eigenvalue weighted by Crippen LogP contribution is 2.39. The van der Waals surface area contributed by atoms with Gasteiger partial charge in [-0.15, -0.1) is 0 Å². The molecular formula is C17H27N3O3S. The summed E-state index contributed by atoms with van der Waals surface area (Å²) in [6, 6.07) is 4.85. The number of sulfonamides is 1. The Morgan fingerprint density at radius 2 is 1.83 bits per heavy atom. The molecule has 24 heavy (non-hydrogen) atoms. The maximum absolute atomic E-state index is 12.7. The molecule has 0 spiro atoms. The maximum atomic E-state index is 12.7. The molecule has 134 valence electrons. The van der Waals surface area contributed by atoms with Gasteiger partial charge in [-0.2, -0.15) is 4.31 Å². The second kappa shape index (κ2) is 7.53. The molecule has 2 N–H and O–H groups in total. The summed E-state index contributed by atoms with van der Waals surface area (Å²) in [4.78, 5) is 12.5. The third-order valence-corrected chi connectivity index (χ3v) is 6.45. The van der Waals surface area contributed by atoms with E-state index in [1.807, 2.05) is 27.7 Å². The van der Waals surface area contributed by atoms with Crippen molar-refractivity contribution in [3.63, 3.8) is 0 Å². The molecule has 1 amide bonds. The number of carbonyl (C=O) groups is 1. The van der Waals surface area contributed by atoms with Crippen molar-refractivity contribution in [2.75, 3.05) is 30.3 Å². The molecule has 7 heteroatoms. The summed E-state index contributed by atoms with van der Waals surface area (Å²) in [5, 5.41) is 6.06. The second-order valence-electron chi connectivity index (χ2n) is 6.14. The Bertz CT molecular complexity index is 699. The summed E-state index contributed by atoms with van der Waals surface area (Å²) in [6.45, 7) is 9.12. The molecule has 1 aliphatic carbocycles. The molecular weight excluding hydrogens is 326 g/mol. The first-order chi connectivity index (χ1) is 11.3. The van der Waals surface area contributed by atoms with Gasteiger partial charge in [0.15, 0.2) is 0 Å². The average molecular weight is 353 g/mol. The van der Waals surface area contributed by atoms with Crippen LogP contribution in [-0.2, 0) is 14.8 Å². The summed E-state index contributed by atoms with van der Waals surface area (Å²) in [7, 11) is -3.55. The fourth-order valence-electron chi connectivity index (χ4n) is 2.76. The Labute approximate surface area is 144 Å². The Morgan fingerprint density at radius 3 is 2.33 bits per heavy atom. The van der Waals surface area contributed by atoms with Crippen LogP contribution in [0.4, 0.5) is 11.4 Å². The lowest BCUT2D eigenvalue weighted by Crippen LogP contribution is -2.30. The van der Waals surface area contributed by atoms with Crippen molar-refractivity contribution in [1.82, 2.24) is 4.31 Å². The lowest BCUT2D eigenvalue weighted by atomic mass is 10.2. The van der Waals surface area contributed by atoms with Crippen molar-refractivity contribution in [3.8, 4) is 0 Å². The number of anilines is 2. The second-order valence-corrected chi connectivity index (χ2v) is 8.07. The first-order valence-electron chi connectivity index (χ1n) is 8.54. The Balaban J connectivity index is 2.34. The van der Waals surface area contributed by atoms with Gasteiger partial charge >= 0.3 is 0 Å². The average Bonchev–Trinajstić information content (AvgIpc) is 3.27. The summed E-state index contributed by atoms with van der Waals surface area (Å²) < 4.78 is 26.8. The van der Waals surface area contributed by atoms with Crippen molar-refractivity contribution in [3.05, 3.63) is 18.2 Å². The molecule has 6 nitrogen and oxygen atoms in total. The number of hydrogen-bond acceptors (Lipinski definition) is 4. The van der Waals surface area contributed by atoms with Gasteiger partial charge in [0.1, 0.15) is 0 Å². The number of hydrogen-bond donors (Lipinski definition) is 2. The first kappa shape index (κ1) is 18.7. The molecule has 2 unspecified atom stereocenters. The molecule has 1 aromatic carbocycles. The van der Waals surface area contributed by atoms with Gasteiger partial charge in [0.2, 0.25) is 15.9 Å². The van der Waals surface area contributed by atoms with Crippen LogP contribution in [0.2, 0.25) is 0 Å². The minimum Gasteiger partial charge on any atom is -0.384 e. The molecule has 0 aromatic heterocycles. The number of amides is 1. The van der Waals surface area contributed by atoms with E-state index in [0.717, 1.165) is 12.1 Å². The minimum atomic E-state index is -3.55. The van der Waals surface area contributed by atoms with E-state index in [4.69, 9.17) is 0 Å². The highest BCUT2D eigenvalue weighted by molar-refractivity contribution is 7.89. The third kappa shape index (κ3) is 3.89. The topological polar surface area (TPSA) is 78.5 Å². The molecule has 2 rings (SSSR count). The van der Waals surface area contributed by atoms with E-state index in [-0.39, 0.29) is 16.7 Å². The van der Waals surface area contributed by atoms with Crippen molar-refractivity contribution < 1.29 is 13.2 Å². The largest absolute Gasteiger partial charge is 0.384 e. The predicted octanol–water partition coefficient (Wildman–Crippen LogP) is 2.74. The maximum Gasteiger partial charge on any atom is 0.243 e. The molecule has 1 saturated carbocycles. The summed E-state index contributed by atoms with van der Waals surface area (Å²) in [5.74, 6) is 0.386. The van der Waals surface area contributed by atoms with E-state index in [2.05, 4.69) is 10.6 Å². The van der Waals surface area contributed by atoms with Gasteiger partial charge in [-0.3, -0.25) is 4.79 Å². The van der Waals surface area contributed by atoms with Crippen LogP contribution in [0.3, 0.4) is 0 Å². The molecule has 1 aromatic rings. The van der Waals surface area contributed by atoms with Crippen molar-refractivity contribution in [2.24, 2.45) is 11.8 Å². The zero-order valence-electron chi connectivity index (χ0n) is 14.8. The molecule has 0 heterocycles. The zero-order valence-corrected chi connectivity index (χ0v) is 15.6. The molecule has 1 fully saturated rings. The van der Waals surface area contributed by atoms with Crippen LogP contribution in [0.1, 0.15) is 34.1 Å². The van der Waals surface area contributed by atoms with Crippen LogP contribution in [0.5, 0.6) is 0 Å². The fourth-order valence-corrected chi connectivity index (χ4v) is 4.24. The van der Waals surface area contributed by atoms with Gasteiger partial charge in [-0.25, -0.2) is 8.42 Å². The highest BCUT2D eigenvalue weighted by atomic mass is 32.2. The summed E-state index contributed by atoms with van der Waals surface area (Å²) in [6.07, 6.45) is 0.889. The van der Waals surface area contributed by atoms with Crippen molar-refractivity contribution in [1.29, 1.82) is 0 Å². The predicted molar refractivity (Wildman–Crippen MR) is 96.6 cm³/mol. The lowest BCUT2D eigenvalue weighted by Gasteiger charge is -2.20. The van der Waals surface area contributed by atoms with Crippen molar-refractivity contribution in [2.45, 2.75) is 39.0 Å². The smallest absolute Gasteiger partial charge is 0.243 e. The summed E-state index contributed by atoms with van der Waals surface area (Å²) in [5.41, 5.74) is 1.26. The number of nitrogens with one attached hydrogen (secondary N) is 2. The standard InChI is InChI=1S/C17H27N3O3S/c1-5-18-15-9-8-13(24(22,23)20(6-2)7-3)11-16(15)19-17(21)14-10-12(14)4/h8-9,11-12,14,18H,5-7,10H2,1-4H3,(H,19,21). The van der Waals surface area contributed by atoms with Gasteiger partial charge in [-0.1, -0.05) is 20.8 Å². The van der Waals surface area contributed by atoms with Crippen LogP contribution in [0.25, 0.3) is 0 Å². The van der Waals surface area contributed by atoms with E-state index in [0.29, 0.717) is 31.2 Å². The van der Waals surface area contributed by atoms with Gasteiger partial charge in [-0.05, 0) is 37.5 Å². The van der Waals surface area contributed by atoms with Gasteiger partial charge < -0.3 is 10.6 Å². The van der Waals surface area contributed by atoms with Crippen LogP contribution in [-0.4, -0.2) is 38.3 Å². The Morgan fingerprint density at radius 1 is 1.21 bits per heavy atom. The highest BCUT2D eigenvalue weighted by Gasteiger charge is 2.39. The van der Waals surface area contributed by atoms with Gasteiger partial charge in [0.05, 0.1) is 16.3 Å². The Hall–Kier alpha value is -1.60. The third-order valence-electron chi connectivity index (χ3n) is 4.41. The van der Waals surface area contributed by atoms with Crippen LogP contribution >= 0.6 is 0 Å². The Kier molecular flexibility index (Phi) is 5.87. The van der Waals surface area contributed by atoms with Crippen LogP contribution < -0.4 is 10.6 Å². The summed E-state index contributed by atoms with van der Waals surface area (Å²) >= 11 is 0. The quantitative estimate of drug-likeness (QED) is 0.753. The molecule has 0 bridgehead atoms. The monoisotopic (exact) mass is 353 g/mol. The van der Waals surface area contributed by atoms with Gasteiger partial charge in [0, 0.05) is 25.6 Å². The molecule has 0 saturated heterocycles. The van der Waals surface area contributed by atoms with E-state index in [9.17, 15) is 13.2 Å². The molecule has 2 atom stereocenters. The van der Waals surface area contributed by atoms with Crippen LogP contribution in [0, 0.1) is 11.8 Å². The zero-order chi connectivity index (χ0) is 17.9. The number of nitrogens with zero attached hydrogens (tertiary/aromatic N) is 1. The number of rotatable bonds is 8. The lowest BCUT2D eigenvalue weighted by molar-refractivity contribution is -0.117. The van der Waals surface area contributed by atoms with E-state index in [1.165, 1.54) is 4.31 Å². The van der Waals surface area contributed by atoms with Crippen molar-refractivity contribution >= 4 is 27.3 Å². The minimum absolute atomic E-state index is 0.0301. The number of benzene rings is 1. The molecule has 0 aliphatic heterocycles. The van der Waals surface area contributed by atoms with Crippen LogP contribution in [0.15, 0.2) is 23.1 Å². The molecule has 0 radical (unpaired) electrons. The van der Waals surface area contributed by atoms with E-state index >= 15 is 0 Å².